The fourth-order valence-corrected chi connectivity index (χ4v) is 3.19. The van der Waals surface area contributed by atoms with Crippen molar-refractivity contribution in [2.24, 2.45) is 0 Å². The number of amides is 1. The molecule has 7 heteroatoms. The number of hydrogen-bond acceptors (Lipinski definition) is 6. The molecule has 0 saturated carbocycles. The number of methoxy groups -OCH3 is 1. The van der Waals surface area contributed by atoms with E-state index < -0.39 is 5.97 Å². The Bertz CT molecular complexity index is 817. The topological polar surface area (TPSA) is 78.2 Å². The van der Waals surface area contributed by atoms with E-state index in [1.165, 1.54) is 0 Å². The van der Waals surface area contributed by atoms with Gasteiger partial charge < -0.3 is 23.5 Å². The van der Waals surface area contributed by atoms with Crippen LogP contribution in [-0.2, 0) is 14.3 Å². The number of fused-ring (bicyclic) bond motifs is 1. The summed E-state index contributed by atoms with van der Waals surface area (Å²) in [5.41, 5.74) is 1.22. The minimum absolute atomic E-state index is 0.0361. The summed E-state index contributed by atoms with van der Waals surface area (Å²) < 4.78 is 21.6. The average molecular weight is 361 g/mol. The predicted molar refractivity (Wildman–Crippen MR) is 94.4 cm³/mol. The van der Waals surface area contributed by atoms with Gasteiger partial charge in [0.1, 0.15) is 11.3 Å². The Kier molecular flexibility index (Phi) is 5.18. The van der Waals surface area contributed by atoms with Gasteiger partial charge in [-0.1, -0.05) is 0 Å². The van der Waals surface area contributed by atoms with Crippen molar-refractivity contribution in [2.45, 2.75) is 33.0 Å². The molecule has 1 fully saturated rings. The van der Waals surface area contributed by atoms with Gasteiger partial charge >= 0.3 is 5.97 Å². The summed E-state index contributed by atoms with van der Waals surface area (Å²) in [6.07, 6.45) is -0.0722. The number of benzene rings is 1. The van der Waals surface area contributed by atoms with Gasteiger partial charge in [0.05, 0.1) is 19.3 Å². The Morgan fingerprint density at radius 1 is 1.23 bits per heavy atom. The zero-order chi connectivity index (χ0) is 18.8. The number of carbonyl (C=O) groups excluding carboxylic acids is 2. The highest BCUT2D eigenvalue weighted by Crippen LogP contribution is 2.29. The van der Waals surface area contributed by atoms with Gasteiger partial charge in [-0.15, -0.1) is 0 Å². The number of hydrogen-bond donors (Lipinski definition) is 0. The zero-order valence-electron chi connectivity index (χ0n) is 15.4. The molecule has 140 valence electrons. The number of esters is 1. The van der Waals surface area contributed by atoms with Crippen molar-refractivity contribution in [1.29, 1.82) is 0 Å². The first-order valence-corrected chi connectivity index (χ1v) is 8.56. The van der Waals surface area contributed by atoms with Crippen molar-refractivity contribution in [3.63, 3.8) is 0 Å². The third-order valence-corrected chi connectivity index (χ3v) is 4.43. The Labute approximate surface area is 151 Å². The monoisotopic (exact) mass is 361 g/mol. The van der Waals surface area contributed by atoms with Gasteiger partial charge in [-0.25, -0.2) is 4.79 Å². The molecule has 1 amide bonds. The Hall–Kier alpha value is -2.54. The smallest absolute Gasteiger partial charge is 0.375 e. The molecule has 0 aliphatic carbocycles. The summed E-state index contributed by atoms with van der Waals surface area (Å²) in [5.74, 6) is -0.118. The lowest BCUT2D eigenvalue weighted by molar-refractivity contribution is -0.146. The molecule has 2 atom stereocenters. The average Bonchev–Trinajstić information content (AvgIpc) is 2.94. The van der Waals surface area contributed by atoms with Crippen LogP contribution in [0.4, 0.5) is 0 Å². The molecule has 26 heavy (non-hydrogen) atoms. The van der Waals surface area contributed by atoms with E-state index in [2.05, 4.69) is 0 Å². The van der Waals surface area contributed by atoms with E-state index in [0.717, 1.165) is 5.39 Å². The van der Waals surface area contributed by atoms with Gasteiger partial charge in [0.15, 0.2) is 6.61 Å². The second kappa shape index (κ2) is 7.37. The molecule has 1 saturated heterocycles. The number of furan rings is 1. The first kappa shape index (κ1) is 18.3. The largest absolute Gasteiger partial charge is 0.497 e. The van der Waals surface area contributed by atoms with Crippen molar-refractivity contribution in [2.75, 3.05) is 26.8 Å². The van der Waals surface area contributed by atoms with Gasteiger partial charge in [-0.2, -0.15) is 0 Å². The van der Waals surface area contributed by atoms with Crippen LogP contribution in [0, 0.1) is 6.92 Å². The standard InChI is InChI=1S/C19H23NO6/c1-11-8-20(9-12(2)25-11)17(21)10-24-19(22)18-13(3)15-7-14(23-4)5-6-16(15)26-18/h5-7,11-12H,8-10H2,1-4H3/t11-,12-/m1/s1. The minimum Gasteiger partial charge on any atom is -0.497 e. The Morgan fingerprint density at radius 2 is 1.92 bits per heavy atom. The molecule has 0 spiro atoms. The number of carbonyl (C=O) groups is 2. The second-order valence-corrected chi connectivity index (χ2v) is 6.55. The summed E-state index contributed by atoms with van der Waals surface area (Å²) in [4.78, 5) is 26.3. The van der Waals surface area contributed by atoms with Crippen LogP contribution >= 0.6 is 0 Å². The molecule has 0 unspecified atom stereocenters. The SMILES string of the molecule is COc1ccc2oc(C(=O)OCC(=O)N3C[C@@H](C)O[C@H](C)C3)c(C)c2c1. The summed E-state index contributed by atoms with van der Waals surface area (Å²) in [5, 5.41) is 0.776. The second-order valence-electron chi connectivity index (χ2n) is 6.55. The zero-order valence-corrected chi connectivity index (χ0v) is 15.4. The normalized spacial score (nSPS) is 20.2. The van der Waals surface area contributed by atoms with E-state index in [1.807, 2.05) is 13.8 Å². The molecule has 0 bridgehead atoms. The molecule has 1 aliphatic heterocycles. The predicted octanol–water partition coefficient (Wildman–Crippen LogP) is 2.54. The fourth-order valence-electron chi connectivity index (χ4n) is 3.19. The van der Waals surface area contributed by atoms with Crippen molar-refractivity contribution < 1.29 is 28.2 Å². The number of ether oxygens (including phenoxy) is 3. The molecular formula is C19H23NO6. The van der Waals surface area contributed by atoms with Crippen LogP contribution in [0.2, 0.25) is 0 Å². The molecule has 1 aromatic carbocycles. The van der Waals surface area contributed by atoms with Crippen LogP contribution in [0.1, 0.15) is 30.0 Å². The van der Waals surface area contributed by atoms with E-state index in [-0.39, 0.29) is 30.5 Å². The molecule has 3 rings (SSSR count). The van der Waals surface area contributed by atoms with Gasteiger partial charge in [-0.05, 0) is 39.0 Å². The maximum absolute atomic E-state index is 12.4. The lowest BCUT2D eigenvalue weighted by Crippen LogP contribution is -2.49. The quantitative estimate of drug-likeness (QED) is 0.779. The van der Waals surface area contributed by atoms with Gasteiger partial charge in [0.2, 0.25) is 5.76 Å². The lowest BCUT2D eigenvalue weighted by Gasteiger charge is -2.35. The van der Waals surface area contributed by atoms with E-state index >= 15 is 0 Å². The summed E-state index contributed by atoms with van der Waals surface area (Å²) in [6, 6.07) is 5.29. The fraction of sp³-hybridized carbons (Fsp3) is 0.474. The van der Waals surface area contributed by atoms with Crippen LogP contribution < -0.4 is 4.74 Å². The molecule has 0 N–H and O–H groups in total. The van der Waals surface area contributed by atoms with E-state index in [9.17, 15) is 9.59 Å². The van der Waals surface area contributed by atoms with Crippen molar-refractivity contribution in [3.8, 4) is 5.75 Å². The third-order valence-electron chi connectivity index (χ3n) is 4.43. The highest BCUT2D eigenvalue weighted by atomic mass is 16.5. The van der Waals surface area contributed by atoms with Gasteiger partial charge in [0.25, 0.3) is 5.91 Å². The molecule has 2 aromatic rings. The maximum Gasteiger partial charge on any atom is 0.375 e. The molecule has 0 radical (unpaired) electrons. The first-order valence-electron chi connectivity index (χ1n) is 8.56. The summed E-state index contributed by atoms with van der Waals surface area (Å²) in [7, 11) is 1.57. The van der Waals surface area contributed by atoms with Crippen molar-refractivity contribution in [1.82, 2.24) is 4.90 Å². The van der Waals surface area contributed by atoms with Crippen LogP contribution in [0.15, 0.2) is 22.6 Å². The first-order chi connectivity index (χ1) is 12.4. The number of morpholine rings is 1. The molecule has 7 nitrogen and oxygen atoms in total. The highest BCUT2D eigenvalue weighted by Gasteiger charge is 2.27. The molecular weight excluding hydrogens is 338 g/mol. The third kappa shape index (κ3) is 3.67. The summed E-state index contributed by atoms with van der Waals surface area (Å²) >= 11 is 0. The van der Waals surface area contributed by atoms with E-state index in [0.29, 0.717) is 30.0 Å². The number of nitrogens with zero attached hydrogens (tertiary/aromatic N) is 1. The molecule has 1 aliphatic rings. The highest BCUT2D eigenvalue weighted by molar-refractivity contribution is 5.97. The van der Waals surface area contributed by atoms with Crippen molar-refractivity contribution in [3.05, 3.63) is 29.5 Å². The Balaban J connectivity index is 1.67. The van der Waals surface area contributed by atoms with Crippen LogP contribution in [0.3, 0.4) is 0 Å². The lowest BCUT2D eigenvalue weighted by atomic mass is 10.1. The maximum atomic E-state index is 12.4. The van der Waals surface area contributed by atoms with Crippen LogP contribution in [0.5, 0.6) is 5.75 Å². The number of rotatable bonds is 4. The van der Waals surface area contributed by atoms with Crippen LogP contribution in [0.25, 0.3) is 11.0 Å². The van der Waals surface area contributed by atoms with Crippen molar-refractivity contribution >= 4 is 22.8 Å². The van der Waals surface area contributed by atoms with E-state index in [4.69, 9.17) is 18.6 Å². The number of aryl methyl sites for hydroxylation is 1. The summed E-state index contributed by atoms with van der Waals surface area (Å²) in [6.45, 7) is 6.25. The Morgan fingerprint density at radius 3 is 2.58 bits per heavy atom. The van der Waals surface area contributed by atoms with Gasteiger partial charge in [-0.3, -0.25) is 4.79 Å². The van der Waals surface area contributed by atoms with Gasteiger partial charge in [0, 0.05) is 24.0 Å². The molecule has 2 heterocycles. The van der Waals surface area contributed by atoms with Crippen LogP contribution in [-0.4, -0.2) is 55.8 Å². The van der Waals surface area contributed by atoms with E-state index in [1.54, 1.807) is 37.1 Å². The molecule has 1 aromatic heterocycles. The minimum atomic E-state index is -0.652.